The number of hydrogen-bond acceptors (Lipinski definition) is 4. The fourth-order valence-corrected chi connectivity index (χ4v) is 7.30. The van der Waals surface area contributed by atoms with Gasteiger partial charge in [0, 0.05) is 28.0 Å². The van der Waals surface area contributed by atoms with Gasteiger partial charge in [-0.3, -0.25) is 14.4 Å². The van der Waals surface area contributed by atoms with Gasteiger partial charge >= 0.3 is 0 Å². The molecule has 5 nitrogen and oxygen atoms in total. The van der Waals surface area contributed by atoms with Crippen LogP contribution in [-0.4, -0.2) is 28.4 Å². The number of nitrogens with zero attached hydrogens (tertiary/aromatic N) is 1. The van der Waals surface area contributed by atoms with E-state index in [0.717, 1.165) is 11.1 Å². The number of ketones is 2. The lowest BCUT2D eigenvalue weighted by molar-refractivity contribution is -0.122. The first-order valence-corrected chi connectivity index (χ1v) is 13.7. The summed E-state index contributed by atoms with van der Waals surface area (Å²) in [4.78, 5) is 45.5. The zero-order valence-corrected chi connectivity index (χ0v) is 22.6. The molecule has 3 aliphatic heterocycles. The molecule has 1 spiro atoms. The van der Waals surface area contributed by atoms with Gasteiger partial charge in [-0.25, -0.2) is 0 Å². The molecule has 3 aliphatic rings. The van der Waals surface area contributed by atoms with E-state index in [-0.39, 0.29) is 28.1 Å². The van der Waals surface area contributed by atoms with Gasteiger partial charge in [0.05, 0.1) is 17.0 Å². The highest BCUT2D eigenvalue weighted by atomic mass is 35.5. The summed E-state index contributed by atoms with van der Waals surface area (Å²) in [5, 5.41) is 3.64. The monoisotopic (exact) mass is 564 g/mol. The zero-order chi connectivity index (χ0) is 27.6. The molecular weight excluding hydrogens is 543 g/mol. The Kier molecular flexibility index (Phi) is 5.70. The second kappa shape index (κ2) is 9.19. The molecule has 1 fully saturated rings. The van der Waals surface area contributed by atoms with Crippen molar-refractivity contribution in [3.05, 3.63) is 141 Å². The molecule has 0 aromatic heterocycles. The number of nitrogens with one attached hydrogen (secondary N) is 1. The summed E-state index contributed by atoms with van der Waals surface area (Å²) in [5.41, 5.74) is 2.45. The van der Waals surface area contributed by atoms with Crippen LogP contribution in [0.15, 0.2) is 103 Å². The first-order valence-electron chi connectivity index (χ1n) is 13.0. The molecule has 0 bridgehead atoms. The van der Waals surface area contributed by atoms with Crippen LogP contribution in [0.2, 0.25) is 10.0 Å². The normalized spacial score (nSPS) is 23.9. The van der Waals surface area contributed by atoms with Crippen molar-refractivity contribution in [2.45, 2.75) is 17.5 Å². The Balaban J connectivity index is 1.55. The summed E-state index contributed by atoms with van der Waals surface area (Å²) in [6, 6.07) is 27.2. The van der Waals surface area contributed by atoms with Crippen LogP contribution in [0.1, 0.15) is 43.4 Å². The van der Waals surface area contributed by atoms with Crippen LogP contribution in [0.25, 0.3) is 6.08 Å². The van der Waals surface area contributed by atoms with E-state index < -0.39 is 23.4 Å². The average molecular weight is 565 g/mol. The van der Waals surface area contributed by atoms with Gasteiger partial charge < -0.3 is 10.2 Å². The molecule has 7 rings (SSSR count). The van der Waals surface area contributed by atoms with Gasteiger partial charge in [-0.2, -0.15) is 0 Å². The van der Waals surface area contributed by atoms with Crippen LogP contribution in [0.4, 0.5) is 5.69 Å². The number of amides is 1. The minimum atomic E-state index is -1.39. The molecular formula is C33H22Cl2N2O3. The lowest BCUT2D eigenvalue weighted by Crippen LogP contribution is -2.49. The summed E-state index contributed by atoms with van der Waals surface area (Å²) in [6.45, 7) is 0. The summed E-state index contributed by atoms with van der Waals surface area (Å²) in [6.07, 6.45) is 3.77. The number of Topliss-reactive ketones (excluding diaryl/α,β-unsaturated/α-hetero) is 2. The molecule has 40 heavy (non-hydrogen) atoms. The third kappa shape index (κ3) is 3.38. The van der Waals surface area contributed by atoms with Crippen LogP contribution in [0.3, 0.4) is 0 Å². The summed E-state index contributed by atoms with van der Waals surface area (Å²) in [5.74, 6) is -1.99. The van der Waals surface area contributed by atoms with E-state index in [1.54, 1.807) is 36.4 Å². The number of carbonyl (C=O) groups excluding carboxylic acids is 3. The zero-order valence-electron chi connectivity index (χ0n) is 21.1. The maximum atomic E-state index is 14.7. The van der Waals surface area contributed by atoms with E-state index in [2.05, 4.69) is 5.32 Å². The molecule has 1 N–H and O–H groups in total. The Morgan fingerprint density at radius 3 is 2.35 bits per heavy atom. The molecule has 0 unspecified atom stereocenters. The highest BCUT2D eigenvalue weighted by Gasteiger charge is 2.70. The van der Waals surface area contributed by atoms with Crippen molar-refractivity contribution in [1.29, 1.82) is 0 Å². The van der Waals surface area contributed by atoms with Crippen LogP contribution < -0.4 is 5.32 Å². The van der Waals surface area contributed by atoms with Gasteiger partial charge in [0.1, 0.15) is 11.5 Å². The van der Waals surface area contributed by atoms with Crippen molar-refractivity contribution in [2.75, 3.05) is 5.32 Å². The Bertz CT molecular complexity index is 1750. The van der Waals surface area contributed by atoms with Crippen molar-refractivity contribution in [2.24, 2.45) is 5.92 Å². The number of halogens is 2. The minimum Gasteiger partial charge on any atom is -0.358 e. The van der Waals surface area contributed by atoms with Crippen molar-refractivity contribution in [3.8, 4) is 0 Å². The van der Waals surface area contributed by atoms with Crippen molar-refractivity contribution >= 4 is 52.4 Å². The standard InChI is InChI=1S/C33H22Cl2N2O3/c34-21-14-15-23(25(35)18-21)30(39)28-27(29(38)20-9-2-1-3-10-20)33(24-12-6-7-13-26(24)36-32(33)40)31-22-11-5-4-8-19(22)16-17-37(28)31/h1-18,27-28,31H,(H,36,40)/t27-,28+,31+,33+/m1/s1. The van der Waals surface area contributed by atoms with Gasteiger partial charge in [-0.15, -0.1) is 0 Å². The number of fused-ring (bicyclic) bond motifs is 6. The second-order valence-corrected chi connectivity index (χ2v) is 11.1. The lowest BCUT2D eigenvalue weighted by atomic mass is 9.62. The SMILES string of the molecule is O=C(c1ccc(Cl)cc1Cl)[C@@H]1[C@H](C(=O)c2ccccc2)[C@]2(C(=O)Nc3ccccc32)[C@@H]2c3ccccc3C=CN12. The molecule has 4 atom stereocenters. The van der Waals surface area contributed by atoms with Gasteiger partial charge in [0.2, 0.25) is 5.91 Å². The van der Waals surface area contributed by atoms with Crippen LogP contribution >= 0.6 is 23.2 Å². The smallest absolute Gasteiger partial charge is 0.238 e. The Labute approximate surface area is 241 Å². The number of rotatable bonds is 4. The summed E-state index contributed by atoms with van der Waals surface area (Å²) >= 11 is 12.7. The summed E-state index contributed by atoms with van der Waals surface area (Å²) < 4.78 is 0. The molecule has 0 saturated carbocycles. The average Bonchev–Trinajstić information content (AvgIpc) is 3.45. The highest BCUT2D eigenvalue weighted by Crippen LogP contribution is 2.62. The molecule has 7 heteroatoms. The Morgan fingerprint density at radius 2 is 1.55 bits per heavy atom. The third-order valence-corrected chi connectivity index (χ3v) is 8.92. The number of hydrogen-bond donors (Lipinski definition) is 1. The fraction of sp³-hybridized carbons (Fsp3) is 0.121. The molecule has 1 amide bonds. The molecule has 0 aliphatic carbocycles. The molecule has 3 heterocycles. The largest absolute Gasteiger partial charge is 0.358 e. The van der Waals surface area contributed by atoms with E-state index >= 15 is 0 Å². The van der Waals surface area contributed by atoms with Crippen molar-refractivity contribution < 1.29 is 14.4 Å². The first-order chi connectivity index (χ1) is 19.4. The van der Waals surface area contributed by atoms with Crippen molar-refractivity contribution in [1.82, 2.24) is 4.90 Å². The van der Waals surface area contributed by atoms with Gasteiger partial charge in [0.25, 0.3) is 0 Å². The van der Waals surface area contributed by atoms with E-state index in [9.17, 15) is 14.4 Å². The number of benzene rings is 4. The number of para-hydroxylation sites is 1. The minimum absolute atomic E-state index is 0.193. The fourth-order valence-electron chi connectivity index (χ4n) is 6.80. The van der Waals surface area contributed by atoms with Crippen LogP contribution in [0.5, 0.6) is 0 Å². The molecule has 196 valence electrons. The molecule has 4 aromatic carbocycles. The number of anilines is 1. The molecule has 1 saturated heterocycles. The maximum absolute atomic E-state index is 14.7. The number of carbonyl (C=O) groups is 3. The second-order valence-electron chi connectivity index (χ2n) is 10.3. The van der Waals surface area contributed by atoms with E-state index in [4.69, 9.17) is 23.2 Å². The Morgan fingerprint density at radius 1 is 0.825 bits per heavy atom. The predicted molar refractivity (Wildman–Crippen MR) is 156 cm³/mol. The molecule has 0 radical (unpaired) electrons. The highest BCUT2D eigenvalue weighted by molar-refractivity contribution is 6.37. The summed E-state index contributed by atoms with van der Waals surface area (Å²) in [7, 11) is 0. The van der Waals surface area contributed by atoms with Gasteiger partial charge in [-0.1, -0.05) is 96.0 Å². The van der Waals surface area contributed by atoms with Gasteiger partial charge in [0.15, 0.2) is 11.6 Å². The van der Waals surface area contributed by atoms with E-state index in [0.29, 0.717) is 21.8 Å². The van der Waals surface area contributed by atoms with Crippen LogP contribution in [-0.2, 0) is 10.2 Å². The molecule has 4 aromatic rings. The lowest BCUT2D eigenvalue weighted by Gasteiger charge is -2.38. The van der Waals surface area contributed by atoms with Crippen LogP contribution in [0, 0.1) is 5.92 Å². The van der Waals surface area contributed by atoms with E-state index in [1.807, 2.05) is 71.8 Å². The predicted octanol–water partition coefficient (Wildman–Crippen LogP) is 6.98. The quantitative estimate of drug-likeness (QED) is 0.272. The maximum Gasteiger partial charge on any atom is 0.238 e. The topological polar surface area (TPSA) is 66.5 Å². The Hall–Kier alpha value is -4.19. The van der Waals surface area contributed by atoms with Crippen molar-refractivity contribution in [3.63, 3.8) is 0 Å². The first kappa shape index (κ1) is 24.8. The third-order valence-electron chi connectivity index (χ3n) is 8.38. The van der Waals surface area contributed by atoms with Gasteiger partial charge in [-0.05, 0) is 47.0 Å². The van der Waals surface area contributed by atoms with E-state index in [1.165, 1.54) is 6.07 Å².